The molecule has 3 aromatic rings. The molecule has 0 saturated carbocycles. The predicted molar refractivity (Wildman–Crippen MR) is 77.8 cm³/mol. The second kappa shape index (κ2) is 4.80. The monoisotopic (exact) mass is 319 g/mol. The summed E-state index contributed by atoms with van der Waals surface area (Å²) < 4.78 is 1.03. The van der Waals surface area contributed by atoms with Crippen LogP contribution in [0, 0.1) is 0 Å². The maximum absolute atomic E-state index is 10.3. The lowest BCUT2D eigenvalue weighted by molar-refractivity contribution is 0.221. The number of aliphatic hydroxyl groups excluding tert-OH is 1. The fraction of sp³-hybridized carbons (Fsp3) is 0.0714. The molecule has 0 amide bonds. The molecule has 4 heteroatoms. The van der Waals surface area contributed by atoms with Crippen molar-refractivity contribution in [3.05, 3.63) is 62.9 Å². The van der Waals surface area contributed by atoms with Gasteiger partial charge in [-0.2, -0.15) is 0 Å². The lowest BCUT2D eigenvalue weighted by atomic mass is 10.0. The number of thiophene rings is 1. The molecule has 90 valence electrons. The van der Waals surface area contributed by atoms with Crippen LogP contribution in [0.1, 0.15) is 17.2 Å². The smallest absolute Gasteiger partial charge is 0.105 e. The SMILES string of the molecule is OC(c1csc(Br)c1)c1ccc2ncccc2c1. The minimum absolute atomic E-state index is 0.586. The van der Waals surface area contributed by atoms with Gasteiger partial charge in [-0.15, -0.1) is 11.3 Å². The minimum Gasteiger partial charge on any atom is -0.384 e. The molecule has 0 bridgehead atoms. The van der Waals surface area contributed by atoms with Gasteiger partial charge < -0.3 is 5.11 Å². The zero-order chi connectivity index (χ0) is 12.5. The van der Waals surface area contributed by atoms with Crippen molar-refractivity contribution in [2.75, 3.05) is 0 Å². The molecule has 0 saturated heterocycles. The van der Waals surface area contributed by atoms with Gasteiger partial charge in [0.15, 0.2) is 0 Å². The van der Waals surface area contributed by atoms with Crippen molar-refractivity contribution in [1.82, 2.24) is 4.98 Å². The number of aliphatic hydroxyl groups is 1. The highest BCUT2D eigenvalue weighted by atomic mass is 79.9. The first-order chi connectivity index (χ1) is 8.74. The van der Waals surface area contributed by atoms with Gasteiger partial charge in [0.25, 0.3) is 0 Å². The highest BCUT2D eigenvalue weighted by molar-refractivity contribution is 9.11. The Bertz CT molecular complexity index is 695. The largest absolute Gasteiger partial charge is 0.384 e. The molecule has 0 spiro atoms. The van der Waals surface area contributed by atoms with E-state index in [0.717, 1.165) is 25.8 Å². The van der Waals surface area contributed by atoms with E-state index in [1.54, 1.807) is 17.5 Å². The van der Waals surface area contributed by atoms with Gasteiger partial charge >= 0.3 is 0 Å². The number of aromatic nitrogens is 1. The van der Waals surface area contributed by atoms with Crippen LogP contribution in [0.3, 0.4) is 0 Å². The van der Waals surface area contributed by atoms with Crippen molar-refractivity contribution in [3.63, 3.8) is 0 Å². The number of nitrogens with zero attached hydrogens (tertiary/aromatic N) is 1. The number of rotatable bonds is 2. The van der Waals surface area contributed by atoms with Crippen molar-refractivity contribution in [3.8, 4) is 0 Å². The second-order valence-corrected chi connectivity index (χ2v) is 6.33. The van der Waals surface area contributed by atoms with Gasteiger partial charge in [0.05, 0.1) is 9.30 Å². The van der Waals surface area contributed by atoms with E-state index in [1.165, 1.54) is 0 Å². The molecule has 2 aromatic heterocycles. The van der Waals surface area contributed by atoms with Gasteiger partial charge in [0, 0.05) is 11.6 Å². The summed E-state index contributed by atoms with van der Waals surface area (Å²) in [6.07, 6.45) is 1.19. The molecule has 1 unspecified atom stereocenters. The summed E-state index contributed by atoms with van der Waals surface area (Å²) in [7, 11) is 0. The zero-order valence-corrected chi connectivity index (χ0v) is 11.8. The fourth-order valence-electron chi connectivity index (χ4n) is 1.92. The third kappa shape index (κ3) is 2.19. The molecule has 0 fully saturated rings. The van der Waals surface area contributed by atoms with E-state index in [-0.39, 0.29) is 0 Å². The summed E-state index contributed by atoms with van der Waals surface area (Å²) in [6, 6.07) is 11.7. The van der Waals surface area contributed by atoms with Crippen molar-refractivity contribution < 1.29 is 5.11 Å². The first-order valence-corrected chi connectivity index (χ1v) is 7.18. The third-order valence-corrected chi connectivity index (χ3v) is 4.37. The molecule has 0 radical (unpaired) electrons. The Labute approximate surface area is 117 Å². The van der Waals surface area contributed by atoms with Crippen LogP contribution in [0.4, 0.5) is 0 Å². The van der Waals surface area contributed by atoms with Crippen molar-refractivity contribution >= 4 is 38.2 Å². The summed E-state index contributed by atoms with van der Waals surface area (Å²) in [4.78, 5) is 4.27. The van der Waals surface area contributed by atoms with Crippen LogP contribution in [-0.2, 0) is 0 Å². The maximum atomic E-state index is 10.3. The van der Waals surface area contributed by atoms with Crippen LogP contribution < -0.4 is 0 Å². The van der Waals surface area contributed by atoms with E-state index in [2.05, 4.69) is 20.9 Å². The summed E-state index contributed by atoms with van der Waals surface area (Å²) in [5.74, 6) is 0. The highest BCUT2D eigenvalue weighted by Crippen LogP contribution is 2.30. The van der Waals surface area contributed by atoms with E-state index < -0.39 is 6.10 Å². The van der Waals surface area contributed by atoms with E-state index in [4.69, 9.17) is 0 Å². The highest BCUT2D eigenvalue weighted by Gasteiger charge is 2.12. The van der Waals surface area contributed by atoms with Gasteiger partial charge in [0.2, 0.25) is 0 Å². The predicted octanol–water partition coefficient (Wildman–Crippen LogP) is 4.14. The van der Waals surface area contributed by atoms with E-state index in [9.17, 15) is 5.11 Å². The van der Waals surface area contributed by atoms with E-state index in [0.29, 0.717) is 0 Å². The summed E-state index contributed by atoms with van der Waals surface area (Å²) in [5.41, 5.74) is 2.75. The van der Waals surface area contributed by atoms with Crippen molar-refractivity contribution in [1.29, 1.82) is 0 Å². The number of hydrogen-bond acceptors (Lipinski definition) is 3. The Morgan fingerprint density at radius 3 is 2.83 bits per heavy atom. The molecule has 0 aliphatic rings. The fourth-order valence-corrected chi connectivity index (χ4v) is 3.12. The van der Waals surface area contributed by atoms with Crippen molar-refractivity contribution in [2.45, 2.75) is 6.10 Å². The molecule has 2 heterocycles. The lowest BCUT2D eigenvalue weighted by Crippen LogP contribution is -1.97. The molecule has 1 N–H and O–H groups in total. The third-order valence-electron chi connectivity index (χ3n) is 2.85. The maximum Gasteiger partial charge on any atom is 0.105 e. The lowest BCUT2D eigenvalue weighted by Gasteiger charge is -2.10. The average molecular weight is 320 g/mol. The van der Waals surface area contributed by atoms with Crippen LogP contribution in [0.5, 0.6) is 0 Å². The molecule has 18 heavy (non-hydrogen) atoms. The molecular weight excluding hydrogens is 310 g/mol. The van der Waals surface area contributed by atoms with Crippen LogP contribution in [0.2, 0.25) is 0 Å². The first kappa shape index (κ1) is 11.8. The number of halogens is 1. The van der Waals surface area contributed by atoms with Gasteiger partial charge in [-0.25, -0.2) is 0 Å². The number of fused-ring (bicyclic) bond motifs is 1. The Morgan fingerprint density at radius 2 is 2.06 bits per heavy atom. The number of benzene rings is 1. The molecule has 1 aromatic carbocycles. The van der Waals surface area contributed by atoms with E-state index >= 15 is 0 Å². The molecule has 3 rings (SSSR count). The minimum atomic E-state index is -0.586. The summed E-state index contributed by atoms with van der Waals surface area (Å²) in [6.45, 7) is 0. The standard InChI is InChI=1S/C14H10BrNOS/c15-13-7-11(8-18-13)14(17)10-3-4-12-9(6-10)2-1-5-16-12/h1-8,14,17H. The number of hydrogen-bond donors (Lipinski definition) is 1. The molecule has 0 aliphatic carbocycles. The first-order valence-electron chi connectivity index (χ1n) is 5.51. The quantitative estimate of drug-likeness (QED) is 0.770. The Balaban J connectivity index is 2.03. The van der Waals surface area contributed by atoms with Gasteiger partial charge in [-0.05, 0) is 56.7 Å². The van der Waals surface area contributed by atoms with Crippen LogP contribution in [-0.4, -0.2) is 10.1 Å². The average Bonchev–Trinajstić information content (AvgIpc) is 2.84. The van der Waals surface area contributed by atoms with Gasteiger partial charge in [0.1, 0.15) is 6.10 Å². The zero-order valence-electron chi connectivity index (χ0n) is 9.38. The number of pyridine rings is 1. The summed E-state index contributed by atoms with van der Waals surface area (Å²) in [5, 5.41) is 13.3. The molecule has 1 atom stereocenters. The topological polar surface area (TPSA) is 33.1 Å². The second-order valence-electron chi connectivity index (χ2n) is 4.04. The van der Waals surface area contributed by atoms with Crippen LogP contribution in [0.15, 0.2) is 51.8 Å². The molecule has 0 aliphatic heterocycles. The Morgan fingerprint density at radius 1 is 1.17 bits per heavy atom. The van der Waals surface area contributed by atoms with Crippen LogP contribution >= 0.6 is 27.3 Å². The summed E-state index contributed by atoms with van der Waals surface area (Å²) >= 11 is 4.99. The van der Waals surface area contributed by atoms with Gasteiger partial charge in [-0.3, -0.25) is 4.98 Å². The van der Waals surface area contributed by atoms with Gasteiger partial charge in [-0.1, -0.05) is 12.1 Å². The Kier molecular flexibility index (Phi) is 3.16. The Hall–Kier alpha value is -1.23. The van der Waals surface area contributed by atoms with E-state index in [1.807, 2.05) is 41.8 Å². The van der Waals surface area contributed by atoms with Crippen molar-refractivity contribution in [2.24, 2.45) is 0 Å². The molecule has 2 nitrogen and oxygen atoms in total. The molecular formula is C14H10BrNOS. The normalized spacial score (nSPS) is 12.8. The van der Waals surface area contributed by atoms with Crippen LogP contribution in [0.25, 0.3) is 10.9 Å².